The summed E-state index contributed by atoms with van der Waals surface area (Å²) in [6, 6.07) is 10.2. The molecule has 3 unspecified atom stereocenters. The van der Waals surface area contributed by atoms with Crippen LogP contribution in [0.4, 0.5) is 0 Å². The molecule has 1 aromatic heterocycles. The zero-order chi connectivity index (χ0) is 16.2. The van der Waals surface area contributed by atoms with E-state index < -0.39 is 12.2 Å². The number of thioether (sulfide) groups is 1. The maximum absolute atomic E-state index is 9.80. The molecule has 1 saturated heterocycles. The van der Waals surface area contributed by atoms with Crippen LogP contribution in [0, 0.1) is 6.92 Å². The van der Waals surface area contributed by atoms with Gasteiger partial charge in [-0.25, -0.2) is 0 Å². The third kappa shape index (κ3) is 3.95. The van der Waals surface area contributed by atoms with Crippen LogP contribution in [0.5, 0.6) is 0 Å². The molecule has 0 aliphatic carbocycles. The van der Waals surface area contributed by atoms with Gasteiger partial charge < -0.3 is 19.5 Å². The second kappa shape index (κ2) is 7.49. The van der Waals surface area contributed by atoms with Gasteiger partial charge in [0.05, 0.1) is 18.4 Å². The van der Waals surface area contributed by atoms with Crippen LogP contribution < -0.4 is 0 Å². The van der Waals surface area contributed by atoms with Gasteiger partial charge in [-0.05, 0) is 12.5 Å². The maximum atomic E-state index is 9.80. The molecule has 0 amide bonds. The topological polar surface area (TPSA) is 75.7 Å². The van der Waals surface area contributed by atoms with Crippen LogP contribution in [0.3, 0.4) is 0 Å². The van der Waals surface area contributed by atoms with Crippen LogP contribution in [0.15, 0.2) is 34.9 Å². The molecule has 0 saturated carbocycles. The number of aromatic nitrogens is 1. The molecule has 3 atom stereocenters. The second-order valence-corrected chi connectivity index (χ2v) is 6.81. The van der Waals surface area contributed by atoms with Crippen LogP contribution in [-0.2, 0) is 16.9 Å². The average Bonchev–Trinajstić information content (AvgIpc) is 3.06. The normalized spacial score (nSPS) is 24.2. The van der Waals surface area contributed by atoms with Crippen LogP contribution in [0.25, 0.3) is 0 Å². The number of ether oxygens (including phenoxy) is 1. The lowest BCUT2D eigenvalue weighted by molar-refractivity contribution is 0.0337. The first-order chi connectivity index (χ1) is 11.1. The number of nitrogens with zero attached hydrogens (tertiary/aromatic N) is 1. The molecular weight excluding hydrogens is 314 g/mol. The summed E-state index contributed by atoms with van der Waals surface area (Å²) in [7, 11) is 0. The zero-order valence-electron chi connectivity index (χ0n) is 13.0. The van der Waals surface area contributed by atoms with Crippen LogP contribution in [0.1, 0.15) is 22.6 Å². The van der Waals surface area contributed by atoms with Crippen molar-refractivity contribution < 1.29 is 19.5 Å². The van der Waals surface area contributed by atoms with E-state index in [1.54, 1.807) is 11.8 Å². The van der Waals surface area contributed by atoms with Gasteiger partial charge in [0.2, 0.25) is 0 Å². The van der Waals surface area contributed by atoms with Gasteiger partial charge in [-0.2, -0.15) is 11.8 Å². The summed E-state index contributed by atoms with van der Waals surface area (Å²) in [5, 5.41) is 23.4. The molecule has 1 aliphatic heterocycles. The molecule has 2 aromatic rings. The highest BCUT2D eigenvalue weighted by Crippen LogP contribution is 2.25. The molecule has 124 valence electrons. The highest BCUT2D eigenvalue weighted by atomic mass is 32.2. The largest absolute Gasteiger partial charge is 0.388 e. The van der Waals surface area contributed by atoms with Crippen molar-refractivity contribution in [2.45, 2.75) is 37.4 Å². The third-order valence-corrected chi connectivity index (χ3v) is 5.12. The summed E-state index contributed by atoms with van der Waals surface area (Å²) in [4.78, 5) is 0. The monoisotopic (exact) mass is 335 g/mol. The molecule has 3 rings (SSSR count). The first kappa shape index (κ1) is 16.5. The molecule has 1 fully saturated rings. The Bertz CT molecular complexity index is 631. The molecule has 0 radical (unpaired) electrons. The lowest BCUT2D eigenvalue weighted by Gasteiger charge is -2.14. The smallest absolute Gasteiger partial charge is 0.145 e. The van der Waals surface area contributed by atoms with Crippen LogP contribution >= 0.6 is 11.8 Å². The van der Waals surface area contributed by atoms with E-state index in [2.05, 4.69) is 17.3 Å². The lowest BCUT2D eigenvalue weighted by Crippen LogP contribution is -2.31. The standard InChI is InChI=1S/C17H21NO4S/c1-11-13(9-23-10-16-17(20)14(19)8-21-16)15(22-18-11)7-12-5-3-2-4-6-12/h2-6,14,16-17,19-20H,7-10H2,1H3. The van der Waals surface area contributed by atoms with Crippen molar-refractivity contribution in [3.05, 3.63) is 52.9 Å². The molecule has 0 bridgehead atoms. The number of aliphatic hydroxyl groups excluding tert-OH is 2. The number of aryl methyl sites for hydroxylation is 1. The van der Waals surface area contributed by atoms with E-state index >= 15 is 0 Å². The van der Waals surface area contributed by atoms with Gasteiger partial charge in [-0.15, -0.1) is 0 Å². The Kier molecular flexibility index (Phi) is 5.38. The van der Waals surface area contributed by atoms with E-state index in [0.29, 0.717) is 5.75 Å². The van der Waals surface area contributed by atoms with Crippen molar-refractivity contribution in [2.75, 3.05) is 12.4 Å². The Hall–Kier alpha value is -1.34. The molecule has 0 spiro atoms. The lowest BCUT2D eigenvalue weighted by atomic mass is 10.1. The molecular formula is C17H21NO4S. The summed E-state index contributed by atoms with van der Waals surface area (Å²) < 4.78 is 10.9. The van der Waals surface area contributed by atoms with E-state index in [4.69, 9.17) is 9.26 Å². The van der Waals surface area contributed by atoms with Gasteiger partial charge in [0.15, 0.2) is 0 Å². The van der Waals surface area contributed by atoms with Crippen LogP contribution in [0.2, 0.25) is 0 Å². The fourth-order valence-electron chi connectivity index (χ4n) is 2.63. The summed E-state index contributed by atoms with van der Waals surface area (Å²) >= 11 is 1.66. The Morgan fingerprint density at radius 1 is 1.26 bits per heavy atom. The molecule has 5 nitrogen and oxygen atoms in total. The molecule has 2 N–H and O–H groups in total. The van der Waals surface area contributed by atoms with Crippen molar-refractivity contribution in [3.8, 4) is 0 Å². The summed E-state index contributed by atoms with van der Waals surface area (Å²) in [6.07, 6.45) is -1.16. The van der Waals surface area contributed by atoms with Gasteiger partial charge in [0, 0.05) is 23.5 Å². The fraction of sp³-hybridized carbons (Fsp3) is 0.471. The Morgan fingerprint density at radius 3 is 2.74 bits per heavy atom. The van der Waals surface area contributed by atoms with Crippen LogP contribution in [-0.4, -0.2) is 46.0 Å². The zero-order valence-corrected chi connectivity index (χ0v) is 13.8. The minimum absolute atomic E-state index is 0.206. The number of hydrogen-bond donors (Lipinski definition) is 2. The summed E-state index contributed by atoms with van der Waals surface area (Å²) in [5.41, 5.74) is 3.19. The first-order valence-corrected chi connectivity index (χ1v) is 8.84. The Labute approximate surface area is 139 Å². The third-order valence-electron chi connectivity index (χ3n) is 4.06. The minimum atomic E-state index is -0.796. The van der Waals surface area contributed by atoms with E-state index in [0.717, 1.165) is 29.2 Å². The highest BCUT2D eigenvalue weighted by Gasteiger charge is 2.34. The van der Waals surface area contributed by atoms with E-state index in [-0.39, 0.29) is 12.7 Å². The predicted octanol–water partition coefficient (Wildman–Crippen LogP) is 1.93. The SMILES string of the molecule is Cc1noc(Cc2ccccc2)c1CSCC1OCC(O)C1O. The summed E-state index contributed by atoms with van der Waals surface area (Å²) in [6.45, 7) is 2.15. The average molecular weight is 335 g/mol. The van der Waals surface area contributed by atoms with E-state index in [1.165, 1.54) is 5.56 Å². The minimum Gasteiger partial charge on any atom is -0.388 e. The first-order valence-electron chi connectivity index (χ1n) is 7.68. The van der Waals surface area contributed by atoms with Gasteiger partial charge in [-0.3, -0.25) is 0 Å². The second-order valence-electron chi connectivity index (χ2n) is 5.78. The fourth-order valence-corrected chi connectivity index (χ4v) is 3.85. The van der Waals surface area contributed by atoms with Crippen molar-refractivity contribution in [1.29, 1.82) is 0 Å². The number of benzene rings is 1. The van der Waals surface area contributed by atoms with E-state index in [1.807, 2.05) is 25.1 Å². The highest BCUT2D eigenvalue weighted by molar-refractivity contribution is 7.98. The Balaban J connectivity index is 1.59. The Morgan fingerprint density at radius 2 is 2.04 bits per heavy atom. The number of hydrogen-bond acceptors (Lipinski definition) is 6. The molecule has 2 heterocycles. The van der Waals surface area contributed by atoms with Crippen molar-refractivity contribution in [2.24, 2.45) is 0 Å². The van der Waals surface area contributed by atoms with Gasteiger partial charge in [-0.1, -0.05) is 35.5 Å². The predicted molar refractivity (Wildman–Crippen MR) is 88.4 cm³/mol. The van der Waals surface area contributed by atoms with Crippen molar-refractivity contribution in [1.82, 2.24) is 5.16 Å². The van der Waals surface area contributed by atoms with Crippen molar-refractivity contribution >= 4 is 11.8 Å². The van der Waals surface area contributed by atoms with Gasteiger partial charge in [0.1, 0.15) is 18.0 Å². The molecule has 1 aliphatic rings. The molecule has 23 heavy (non-hydrogen) atoms. The van der Waals surface area contributed by atoms with Crippen molar-refractivity contribution in [3.63, 3.8) is 0 Å². The molecule has 6 heteroatoms. The van der Waals surface area contributed by atoms with E-state index in [9.17, 15) is 10.2 Å². The number of rotatable bonds is 6. The number of aliphatic hydroxyl groups is 2. The maximum Gasteiger partial charge on any atom is 0.145 e. The van der Waals surface area contributed by atoms with Gasteiger partial charge >= 0.3 is 0 Å². The molecule has 1 aromatic carbocycles. The quantitative estimate of drug-likeness (QED) is 0.840. The summed E-state index contributed by atoms with van der Waals surface area (Å²) in [5.74, 6) is 2.27. The van der Waals surface area contributed by atoms with Gasteiger partial charge in [0.25, 0.3) is 0 Å².